The molecule has 0 saturated carbocycles. The van der Waals surface area contributed by atoms with Gasteiger partial charge < -0.3 is 5.32 Å². The topological polar surface area (TPSA) is 29.9 Å². The van der Waals surface area contributed by atoms with Gasteiger partial charge in [-0.15, -0.1) is 0 Å². The zero-order valence-corrected chi connectivity index (χ0v) is 9.42. The summed E-state index contributed by atoms with van der Waals surface area (Å²) >= 11 is 6.00. The first kappa shape index (κ1) is 10.1. The lowest BCUT2D eigenvalue weighted by molar-refractivity contribution is 0.877. The number of rotatable bonds is 2. The summed E-state index contributed by atoms with van der Waals surface area (Å²) in [5, 5.41) is 7.90. The first-order valence-electron chi connectivity index (χ1n) is 4.71. The van der Waals surface area contributed by atoms with Crippen molar-refractivity contribution in [3.05, 3.63) is 41.0 Å². The first-order valence-corrected chi connectivity index (χ1v) is 5.09. The highest BCUT2D eigenvalue weighted by Crippen LogP contribution is 2.25. The third-order valence-electron chi connectivity index (χ3n) is 2.31. The van der Waals surface area contributed by atoms with Gasteiger partial charge in [-0.05, 0) is 18.6 Å². The van der Waals surface area contributed by atoms with E-state index in [2.05, 4.69) is 10.4 Å². The molecule has 0 fully saturated rings. The predicted molar refractivity (Wildman–Crippen MR) is 62.9 cm³/mol. The maximum Gasteiger partial charge on any atom is 0.148 e. The van der Waals surface area contributed by atoms with Crippen LogP contribution in [-0.2, 0) is 0 Å². The fraction of sp³-hybridized carbons (Fsp3) is 0.182. The molecule has 78 valence electrons. The van der Waals surface area contributed by atoms with Gasteiger partial charge in [-0.1, -0.05) is 29.8 Å². The standard InChI is InChI=1S/C11H12ClN3/c1-8-5-3-4-6-10(8)15-11(13-2)9(12)7-14-15/h3-7,13H,1-2H3. The van der Waals surface area contributed by atoms with Crippen molar-refractivity contribution >= 4 is 17.4 Å². The highest BCUT2D eigenvalue weighted by atomic mass is 35.5. The second-order valence-corrected chi connectivity index (χ2v) is 3.70. The molecule has 0 saturated heterocycles. The first-order chi connectivity index (χ1) is 7.24. The van der Waals surface area contributed by atoms with Crippen LogP contribution in [0.5, 0.6) is 0 Å². The molecule has 3 nitrogen and oxygen atoms in total. The van der Waals surface area contributed by atoms with Crippen LogP contribution in [0, 0.1) is 6.92 Å². The van der Waals surface area contributed by atoms with Crippen molar-refractivity contribution < 1.29 is 0 Å². The summed E-state index contributed by atoms with van der Waals surface area (Å²) in [4.78, 5) is 0. The Kier molecular flexibility index (Phi) is 2.64. The Bertz CT molecular complexity index is 476. The molecule has 2 rings (SSSR count). The molecular formula is C11H12ClN3. The lowest BCUT2D eigenvalue weighted by Gasteiger charge is -2.09. The molecule has 1 aromatic heterocycles. The minimum absolute atomic E-state index is 0.626. The summed E-state index contributed by atoms with van der Waals surface area (Å²) in [6.45, 7) is 2.05. The van der Waals surface area contributed by atoms with E-state index >= 15 is 0 Å². The third kappa shape index (κ3) is 1.70. The molecule has 1 heterocycles. The molecule has 4 heteroatoms. The van der Waals surface area contributed by atoms with Gasteiger partial charge in [-0.3, -0.25) is 0 Å². The lowest BCUT2D eigenvalue weighted by Crippen LogP contribution is -2.03. The molecule has 1 N–H and O–H groups in total. The second-order valence-electron chi connectivity index (χ2n) is 3.29. The van der Waals surface area contributed by atoms with E-state index in [0.717, 1.165) is 17.1 Å². The van der Waals surface area contributed by atoms with Crippen LogP contribution in [0.3, 0.4) is 0 Å². The summed E-state index contributed by atoms with van der Waals surface area (Å²) in [5.74, 6) is 0.811. The van der Waals surface area contributed by atoms with Crippen LogP contribution in [0.15, 0.2) is 30.5 Å². The quantitative estimate of drug-likeness (QED) is 0.845. The zero-order chi connectivity index (χ0) is 10.8. The predicted octanol–water partition coefficient (Wildman–Crippen LogP) is 2.88. The van der Waals surface area contributed by atoms with Crippen LogP contribution >= 0.6 is 11.6 Å². The Morgan fingerprint density at radius 1 is 1.33 bits per heavy atom. The Hall–Kier alpha value is -1.48. The van der Waals surface area contributed by atoms with Gasteiger partial charge in [0.05, 0.1) is 11.9 Å². The molecule has 0 aliphatic carbocycles. The van der Waals surface area contributed by atoms with Gasteiger partial charge in [-0.25, -0.2) is 4.68 Å². The summed E-state index contributed by atoms with van der Waals surface area (Å²) < 4.78 is 1.80. The highest BCUT2D eigenvalue weighted by Gasteiger charge is 2.09. The van der Waals surface area contributed by atoms with E-state index in [-0.39, 0.29) is 0 Å². The second kappa shape index (κ2) is 3.95. The summed E-state index contributed by atoms with van der Waals surface area (Å²) in [7, 11) is 1.83. The molecule has 0 radical (unpaired) electrons. The lowest BCUT2D eigenvalue weighted by atomic mass is 10.2. The molecule has 0 atom stereocenters. The molecule has 0 aliphatic rings. The van der Waals surface area contributed by atoms with Crippen molar-refractivity contribution in [2.24, 2.45) is 0 Å². The van der Waals surface area contributed by atoms with Crippen molar-refractivity contribution in [2.75, 3.05) is 12.4 Å². The number of hydrogen-bond acceptors (Lipinski definition) is 2. The molecule has 0 aliphatic heterocycles. The SMILES string of the molecule is CNc1c(Cl)cnn1-c1ccccc1C. The minimum atomic E-state index is 0.626. The number of nitrogens with zero attached hydrogens (tertiary/aromatic N) is 2. The Balaban J connectivity index is 2.59. The van der Waals surface area contributed by atoms with Crippen LogP contribution in [0.2, 0.25) is 5.02 Å². The number of benzene rings is 1. The largest absolute Gasteiger partial charge is 0.372 e. The fourth-order valence-electron chi connectivity index (χ4n) is 1.54. The number of aryl methyl sites for hydroxylation is 1. The van der Waals surface area contributed by atoms with E-state index in [0.29, 0.717) is 5.02 Å². The maximum absolute atomic E-state index is 6.00. The summed E-state index contributed by atoms with van der Waals surface area (Å²) in [6, 6.07) is 8.05. The van der Waals surface area contributed by atoms with Gasteiger partial charge in [0.1, 0.15) is 10.8 Å². The van der Waals surface area contributed by atoms with E-state index in [1.54, 1.807) is 10.9 Å². The van der Waals surface area contributed by atoms with Crippen molar-refractivity contribution in [1.82, 2.24) is 9.78 Å². The van der Waals surface area contributed by atoms with Crippen LogP contribution in [0.25, 0.3) is 5.69 Å². The van der Waals surface area contributed by atoms with Crippen molar-refractivity contribution in [2.45, 2.75) is 6.92 Å². The molecule has 2 aromatic rings. The highest BCUT2D eigenvalue weighted by molar-refractivity contribution is 6.32. The van der Waals surface area contributed by atoms with Gasteiger partial charge >= 0.3 is 0 Å². The average molecular weight is 222 g/mol. The molecular weight excluding hydrogens is 210 g/mol. The Morgan fingerprint density at radius 2 is 2.07 bits per heavy atom. The van der Waals surface area contributed by atoms with E-state index in [1.807, 2.05) is 38.2 Å². The Morgan fingerprint density at radius 3 is 2.73 bits per heavy atom. The van der Waals surface area contributed by atoms with Gasteiger partial charge in [0, 0.05) is 7.05 Å². The van der Waals surface area contributed by atoms with Gasteiger partial charge in [0.25, 0.3) is 0 Å². The summed E-state index contributed by atoms with van der Waals surface area (Å²) in [5.41, 5.74) is 2.20. The normalized spacial score (nSPS) is 10.3. The zero-order valence-electron chi connectivity index (χ0n) is 8.66. The van der Waals surface area contributed by atoms with Gasteiger partial charge in [0.15, 0.2) is 0 Å². The molecule has 0 unspecified atom stereocenters. The number of nitrogens with one attached hydrogen (secondary N) is 1. The Labute approximate surface area is 93.7 Å². The van der Waals surface area contributed by atoms with Crippen molar-refractivity contribution in [3.8, 4) is 5.69 Å². The maximum atomic E-state index is 6.00. The van der Waals surface area contributed by atoms with E-state index in [1.165, 1.54) is 0 Å². The summed E-state index contributed by atoms with van der Waals surface area (Å²) in [6.07, 6.45) is 1.64. The van der Waals surface area contributed by atoms with E-state index < -0.39 is 0 Å². The van der Waals surface area contributed by atoms with Crippen molar-refractivity contribution in [3.63, 3.8) is 0 Å². The number of aromatic nitrogens is 2. The van der Waals surface area contributed by atoms with Crippen LogP contribution in [-0.4, -0.2) is 16.8 Å². The number of para-hydroxylation sites is 1. The molecule has 15 heavy (non-hydrogen) atoms. The molecule has 1 aromatic carbocycles. The number of halogens is 1. The smallest absolute Gasteiger partial charge is 0.148 e. The fourth-order valence-corrected chi connectivity index (χ4v) is 1.76. The van der Waals surface area contributed by atoms with E-state index in [4.69, 9.17) is 11.6 Å². The van der Waals surface area contributed by atoms with E-state index in [9.17, 15) is 0 Å². The third-order valence-corrected chi connectivity index (χ3v) is 2.58. The molecule has 0 bridgehead atoms. The van der Waals surface area contributed by atoms with Crippen LogP contribution < -0.4 is 5.32 Å². The van der Waals surface area contributed by atoms with Gasteiger partial charge in [-0.2, -0.15) is 5.10 Å². The average Bonchev–Trinajstić information content (AvgIpc) is 2.60. The monoisotopic (exact) mass is 221 g/mol. The van der Waals surface area contributed by atoms with Crippen molar-refractivity contribution in [1.29, 1.82) is 0 Å². The molecule has 0 spiro atoms. The minimum Gasteiger partial charge on any atom is -0.372 e. The van der Waals surface area contributed by atoms with Gasteiger partial charge in [0.2, 0.25) is 0 Å². The number of anilines is 1. The van der Waals surface area contributed by atoms with Crippen LogP contribution in [0.4, 0.5) is 5.82 Å². The van der Waals surface area contributed by atoms with Crippen LogP contribution in [0.1, 0.15) is 5.56 Å². The molecule has 0 amide bonds. The number of hydrogen-bond donors (Lipinski definition) is 1.